The van der Waals surface area contributed by atoms with Crippen molar-refractivity contribution in [3.05, 3.63) is 0 Å². The number of imide groups is 1. The summed E-state index contributed by atoms with van der Waals surface area (Å²) in [5.74, 6) is -1.67. The highest BCUT2D eigenvalue weighted by Crippen LogP contribution is 2.24. The molecule has 1 heterocycles. The van der Waals surface area contributed by atoms with Gasteiger partial charge in [-0.1, -0.05) is 27.7 Å². The summed E-state index contributed by atoms with van der Waals surface area (Å²) in [6.07, 6.45) is -0.379. The Morgan fingerprint density at radius 2 is 1.45 bits per heavy atom. The average Bonchev–Trinajstić information content (AvgIpc) is 2.82. The third-order valence-electron chi connectivity index (χ3n) is 3.92. The molecule has 166 valence electrons. The zero-order valence-corrected chi connectivity index (χ0v) is 18.5. The molecule has 0 bridgehead atoms. The van der Waals surface area contributed by atoms with Crippen LogP contribution in [0, 0.1) is 10.8 Å². The number of carbonyl (C=O) groups is 4. The molecule has 1 rings (SSSR count). The van der Waals surface area contributed by atoms with Gasteiger partial charge in [-0.25, -0.2) is 9.59 Å². The maximum atomic E-state index is 12.1. The number of hydrogen-bond donors (Lipinski definition) is 1. The molecule has 0 spiro atoms. The van der Waals surface area contributed by atoms with Crippen LogP contribution < -0.4 is 5.32 Å². The van der Waals surface area contributed by atoms with Gasteiger partial charge in [0.25, 0.3) is 11.8 Å². The first-order chi connectivity index (χ1) is 13.1. The fourth-order valence-electron chi connectivity index (χ4n) is 2.51. The molecule has 0 aromatic heterocycles. The Labute approximate surface area is 172 Å². The summed E-state index contributed by atoms with van der Waals surface area (Å²) >= 11 is 0. The van der Waals surface area contributed by atoms with Crippen molar-refractivity contribution in [2.45, 2.75) is 73.3 Å². The van der Waals surface area contributed by atoms with Crippen molar-refractivity contribution in [1.82, 2.24) is 10.4 Å². The van der Waals surface area contributed by atoms with Crippen LogP contribution in [-0.4, -0.2) is 54.3 Å². The predicted molar refractivity (Wildman–Crippen MR) is 104 cm³/mol. The lowest BCUT2D eigenvalue weighted by Crippen LogP contribution is -2.40. The van der Waals surface area contributed by atoms with Crippen molar-refractivity contribution in [3.63, 3.8) is 0 Å². The van der Waals surface area contributed by atoms with E-state index in [1.54, 1.807) is 20.8 Å². The van der Waals surface area contributed by atoms with E-state index >= 15 is 0 Å². The van der Waals surface area contributed by atoms with Gasteiger partial charge in [0, 0.05) is 24.8 Å². The average molecular weight is 414 g/mol. The van der Waals surface area contributed by atoms with Crippen molar-refractivity contribution >= 4 is 23.9 Å². The highest BCUT2D eigenvalue weighted by atomic mass is 16.7. The zero-order chi connectivity index (χ0) is 22.5. The van der Waals surface area contributed by atoms with Gasteiger partial charge in [-0.05, 0) is 26.2 Å². The van der Waals surface area contributed by atoms with Crippen LogP contribution in [0.2, 0.25) is 0 Å². The molecule has 0 radical (unpaired) electrons. The molecular formula is C20H34N2O7. The number of alkyl carbamates (subject to hydrolysis) is 1. The van der Waals surface area contributed by atoms with Crippen LogP contribution in [0.5, 0.6) is 0 Å². The Balaban J connectivity index is 2.38. The van der Waals surface area contributed by atoms with E-state index in [-0.39, 0.29) is 31.3 Å². The first-order valence-corrected chi connectivity index (χ1v) is 9.71. The second-order valence-corrected chi connectivity index (χ2v) is 9.90. The van der Waals surface area contributed by atoms with Gasteiger partial charge < -0.3 is 19.6 Å². The molecule has 1 fully saturated rings. The van der Waals surface area contributed by atoms with Crippen LogP contribution in [0.25, 0.3) is 0 Å². The van der Waals surface area contributed by atoms with Gasteiger partial charge in [0.1, 0.15) is 5.60 Å². The number of hydrogen-bond acceptors (Lipinski definition) is 7. The highest BCUT2D eigenvalue weighted by Gasteiger charge is 2.34. The number of carbonyl (C=O) groups excluding carboxylic acids is 4. The fraction of sp³-hybridized carbons (Fsp3) is 0.800. The second-order valence-electron chi connectivity index (χ2n) is 9.90. The molecular weight excluding hydrogens is 380 g/mol. The van der Waals surface area contributed by atoms with Crippen LogP contribution in [-0.2, 0) is 28.7 Å². The van der Waals surface area contributed by atoms with Gasteiger partial charge in [-0.3, -0.25) is 9.59 Å². The molecule has 29 heavy (non-hydrogen) atoms. The summed E-state index contributed by atoms with van der Waals surface area (Å²) < 4.78 is 11.0. The molecule has 1 aliphatic heterocycles. The second kappa shape index (κ2) is 9.56. The Bertz CT molecular complexity index is 619. The normalized spacial score (nSPS) is 15.5. The van der Waals surface area contributed by atoms with Gasteiger partial charge >= 0.3 is 12.1 Å². The highest BCUT2D eigenvalue weighted by molar-refractivity contribution is 6.01. The Morgan fingerprint density at radius 3 is 1.97 bits per heavy atom. The molecule has 3 amide bonds. The predicted octanol–water partition coefficient (Wildman–Crippen LogP) is 2.58. The summed E-state index contributed by atoms with van der Waals surface area (Å²) in [5, 5.41) is 3.27. The van der Waals surface area contributed by atoms with Crippen LogP contribution in [0.15, 0.2) is 0 Å². The van der Waals surface area contributed by atoms with E-state index in [1.165, 1.54) is 0 Å². The van der Waals surface area contributed by atoms with E-state index < -0.39 is 34.9 Å². The molecule has 1 N–H and O–H groups in total. The van der Waals surface area contributed by atoms with E-state index in [0.717, 1.165) is 0 Å². The number of rotatable bonds is 9. The lowest BCUT2D eigenvalue weighted by molar-refractivity contribution is -0.199. The summed E-state index contributed by atoms with van der Waals surface area (Å²) in [7, 11) is 0. The number of hydroxylamine groups is 2. The third-order valence-corrected chi connectivity index (χ3v) is 3.92. The molecule has 0 saturated carbocycles. The van der Waals surface area contributed by atoms with Crippen molar-refractivity contribution in [2.75, 3.05) is 19.8 Å². The van der Waals surface area contributed by atoms with Gasteiger partial charge in [0.2, 0.25) is 0 Å². The molecule has 9 nitrogen and oxygen atoms in total. The summed E-state index contributed by atoms with van der Waals surface area (Å²) in [6, 6.07) is 0. The topological polar surface area (TPSA) is 111 Å². The number of nitrogens with zero attached hydrogens (tertiary/aromatic N) is 1. The summed E-state index contributed by atoms with van der Waals surface area (Å²) in [6.45, 7) is 13.9. The minimum atomic E-state index is -0.659. The summed E-state index contributed by atoms with van der Waals surface area (Å²) in [4.78, 5) is 51.8. The van der Waals surface area contributed by atoms with E-state index in [9.17, 15) is 19.2 Å². The SMILES string of the molecule is CC(C)(CNC(=O)OC(C)(C)C)COCC(C)(C)CC(=O)ON1C(=O)CCC1=O. The van der Waals surface area contributed by atoms with Crippen LogP contribution in [0.3, 0.4) is 0 Å². The van der Waals surface area contributed by atoms with Crippen molar-refractivity contribution in [1.29, 1.82) is 0 Å². The lowest BCUT2D eigenvalue weighted by atomic mass is 9.90. The molecule has 9 heteroatoms. The van der Waals surface area contributed by atoms with Crippen molar-refractivity contribution < 1.29 is 33.5 Å². The van der Waals surface area contributed by atoms with Gasteiger partial charge in [0.15, 0.2) is 0 Å². The van der Waals surface area contributed by atoms with Gasteiger partial charge in [-0.2, -0.15) is 0 Å². The Morgan fingerprint density at radius 1 is 0.931 bits per heavy atom. The van der Waals surface area contributed by atoms with Gasteiger partial charge in [-0.15, -0.1) is 5.06 Å². The lowest BCUT2D eigenvalue weighted by Gasteiger charge is -2.29. The van der Waals surface area contributed by atoms with E-state index in [2.05, 4.69) is 5.32 Å². The Kier molecular flexibility index (Phi) is 8.20. The maximum absolute atomic E-state index is 12.1. The van der Waals surface area contributed by atoms with Crippen LogP contribution in [0.4, 0.5) is 4.79 Å². The number of nitrogens with one attached hydrogen (secondary N) is 1. The van der Waals surface area contributed by atoms with Crippen molar-refractivity contribution in [2.24, 2.45) is 10.8 Å². The third kappa shape index (κ3) is 9.74. The van der Waals surface area contributed by atoms with E-state index in [4.69, 9.17) is 14.3 Å². The largest absolute Gasteiger partial charge is 0.444 e. The van der Waals surface area contributed by atoms with E-state index in [1.807, 2.05) is 27.7 Å². The molecule has 1 saturated heterocycles. The minimum absolute atomic E-state index is 0.0132. The molecule has 0 aliphatic carbocycles. The standard InChI is InChI=1S/C20H34N2O7/c1-18(2,3)28-17(26)21-11-20(6,7)13-27-12-19(4,5)10-16(25)29-22-14(23)8-9-15(22)24/h8-13H2,1-7H3,(H,21,26). The quantitative estimate of drug-likeness (QED) is 0.577. The molecule has 1 aliphatic rings. The minimum Gasteiger partial charge on any atom is -0.444 e. The van der Waals surface area contributed by atoms with E-state index in [0.29, 0.717) is 18.2 Å². The number of ether oxygens (including phenoxy) is 2. The van der Waals surface area contributed by atoms with Crippen LogP contribution in [0.1, 0.15) is 67.7 Å². The maximum Gasteiger partial charge on any atom is 0.407 e. The first-order valence-electron chi connectivity index (χ1n) is 9.71. The summed E-state index contributed by atoms with van der Waals surface area (Å²) in [5.41, 5.74) is -1.47. The van der Waals surface area contributed by atoms with Gasteiger partial charge in [0.05, 0.1) is 19.6 Å². The molecule has 0 unspecified atom stereocenters. The van der Waals surface area contributed by atoms with Crippen molar-refractivity contribution in [3.8, 4) is 0 Å². The molecule has 0 aromatic carbocycles. The molecule has 0 atom stereocenters. The monoisotopic (exact) mass is 414 g/mol. The Hall–Kier alpha value is -2.16. The number of amides is 3. The van der Waals surface area contributed by atoms with Crippen LogP contribution >= 0.6 is 0 Å². The smallest absolute Gasteiger partial charge is 0.407 e. The zero-order valence-electron chi connectivity index (χ0n) is 18.5. The first kappa shape index (κ1) is 24.9. The molecule has 0 aromatic rings. The fourth-order valence-corrected chi connectivity index (χ4v) is 2.51.